The van der Waals surface area contributed by atoms with Crippen molar-refractivity contribution in [3.8, 4) is 11.1 Å². The number of carbonyl (C=O) groups is 1. The molecule has 0 aliphatic carbocycles. The normalized spacial score (nSPS) is 17.9. The van der Waals surface area contributed by atoms with Crippen LogP contribution in [-0.2, 0) is 16.8 Å². The molecule has 2 aliphatic rings. The highest BCUT2D eigenvalue weighted by Crippen LogP contribution is 2.40. The van der Waals surface area contributed by atoms with Gasteiger partial charge in [0.05, 0.1) is 29.8 Å². The van der Waals surface area contributed by atoms with Gasteiger partial charge in [-0.25, -0.2) is 0 Å². The van der Waals surface area contributed by atoms with E-state index < -0.39 is 0 Å². The highest BCUT2D eigenvalue weighted by atomic mass is 16.5. The number of rotatable bonds is 2. The molecule has 0 radical (unpaired) electrons. The van der Waals surface area contributed by atoms with Crippen LogP contribution in [0.25, 0.3) is 11.1 Å². The van der Waals surface area contributed by atoms with Crippen LogP contribution in [0.4, 0.5) is 0 Å². The maximum atomic E-state index is 13.5. The summed E-state index contributed by atoms with van der Waals surface area (Å²) in [5.74, 6) is 0.0462. The Hall–Kier alpha value is -2.99. The zero-order valence-electron chi connectivity index (χ0n) is 16.5. The molecule has 5 rings (SSSR count). The third kappa shape index (κ3) is 3.04. The van der Waals surface area contributed by atoms with E-state index in [2.05, 4.69) is 15.2 Å². The molecule has 2 aromatic heterocycles. The second kappa shape index (κ2) is 7.12. The zero-order valence-corrected chi connectivity index (χ0v) is 16.5. The summed E-state index contributed by atoms with van der Waals surface area (Å²) in [5, 5.41) is 7.36. The molecule has 1 fully saturated rings. The molecule has 1 spiro atoms. The number of carbonyl (C=O) groups excluding carboxylic acids is 1. The van der Waals surface area contributed by atoms with Crippen molar-refractivity contribution in [1.82, 2.24) is 20.1 Å². The van der Waals surface area contributed by atoms with E-state index in [1.807, 2.05) is 54.4 Å². The number of hydrogen-bond acceptors (Lipinski definition) is 4. The van der Waals surface area contributed by atoms with Crippen LogP contribution >= 0.6 is 0 Å². The second-order valence-electron chi connectivity index (χ2n) is 7.84. The summed E-state index contributed by atoms with van der Waals surface area (Å²) in [4.78, 5) is 19.8. The molecule has 1 amide bonds. The number of pyridine rings is 1. The first kappa shape index (κ1) is 18.1. The molecule has 0 bridgehead atoms. The smallest absolute Gasteiger partial charge is 0.256 e. The number of aromatic nitrogens is 3. The lowest BCUT2D eigenvalue weighted by molar-refractivity contribution is -0.0962. The van der Waals surface area contributed by atoms with E-state index in [1.165, 1.54) is 5.56 Å². The third-order valence-corrected chi connectivity index (χ3v) is 6.22. The van der Waals surface area contributed by atoms with Crippen molar-refractivity contribution in [2.75, 3.05) is 19.7 Å². The Morgan fingerprint density at radius 2 is 1.97 bits per heavy atom. The summed E-state index contributed by atoms with van der Waals surface area (Å²) >= 11 is 0. The molecular weight excluding hydrogens is 364 g/mol. The number of aromatic amines is 1. The minimum Gasteiger partial charge on any atom is -0.368 e. The maximum absolute atomic E-state index is 13.5. The van der Waals surface area contributed by atoms with Gasteiger partial charge in [0.1, 0.15) is 5.60 Å². The Morgan fingerprint density at radius 1 is 1.17 bits per heavy atom. The van der Waals surface area contributed by atoms with Crippen molar-refractivity contribution in [3.63, 3.8) is 0 Å². The van der Waals surface area contributed by atoms with Gasteiger partial charge in [-0.05, 0) is 48.9 Å². The van der Waals surface area contributed by atoms with Gasteiger partial charge in [-0.2, -0.15) is 5.10 Å². The van der Waals surface area contributed by atoms with Gasteiger partial charge >= 0.3 is 0 Å². The first-order valence-electron chi connectivity index (χ1n) is 10.1. The molecule has 29 heavy (non-hydrogen) atoms. The number of piperidine rings is 1. The van der Waals surface area contributed by atoms with Crippen LogP contribution in [-0.4, -0.2) is 45.7 Å². The van der Waals surface area contributed by atoms with Crippen LogP contribution in [0.15, 0.2) is 48.8 Å². The van der Waals surface area contributed by atoms with Crippen molar-refractivity contribution >= 4 is 5.91 Å². The number of H-pyrrole nitrogens is 1. The van der Waals surface area contributed by atoms with Crippen LogP contribution in [0.5, 0.6) is 0 Å². The summed E-state index contributed by atoms with van der Waals surface area (Å²) < 4.78 is 6.22. The van der Waals surface area contributed by atoms with E-state index in [1.54, 1.807) is 6.20 Å². The summed E-state index contributed by atoms with van der Waals surface area (Å²) in [5.41, 5.74) is 5.43. The SMILES string of the molecule is Cc1nccc(-c2ccccc2)c1C(=O)N1CCC2(CC1)OCCc1cn[nH]c12. The highest BCUT2D eigenvalue weighted by molar-refractivity contribution is 6.01. The second-order valence-corrected chi connectivity index (χ2v) is 7.84. The largest absolute Gasteiger partial charge is 0.368 e. The monoisotopic (exact) mass is 388 g/mol. The molecule has 2 aliphatic heterocycles. The topological polar surface area (TPSA) is 71.1 Å². The van der Waals surface area contributed by atoms with Gasteiger partial charge in [0.2, 0.25) is 0 Å². The summed E-state index contributed by atoms with van der Waals surface area (Å²) in [6.07, 6.45) is 6.12. The summed E-state index contributed by atoms with van der Waals surface area (Å²) in [6.45, 7) is 3.92. The van der Waals surface area contributed by atoms with E-state index in [-0.39, 0.29) is 11.5 Å². The highest BCUT2D eigenvalue weighted by Gasteiger charge is 2.43. The van der Waals surface area contributed by atoms with Gasteiger partial charge in [0.25, 0.3) is 5.91 Å². The van der Waals surface area contributed by atoms with Gasteiger partial charge in [-0.15, -0.1) is 0 Å². The van der Waals surface area contributed by atoms with E-state index >= 15 is 0 Å². The Labute approximate surface area is 169 Å². The van der Waals surface area contributed by atoms with Crippen LogP contribution in [0, 0.1) is 6.92 Å². The molecule has 4 heterocycles. The number of nitrogens with one attached hydrogen (secondary N) is 1. The molecule has 0 atom stereocenters. The lowest BCUT2D eigenvalue weighted by Gasteiger charge is -2.43. The molecule has 0 saturated carbocycles. The van der Waals surface area contributed by atoms with Gasteiger partial charge < -0.3 is 9.64 Å². The van der Waals surface area contributed by atoms with Crippen molar-refractivity contribution in [2.24, 2.45) is 0 Å². The van der Waals surface area contributed by atoms with E-state index in [9.17, 15) is 4.79 Å². The molecule has 148 valence electrons. The number of amides is 1. The standard InChI is InChI=1S/C23H24N4O2/c1-16-20(19(7-11-24-16)17-5-3-2-4-6-17)22(28)27-12-9-23(10-13-27)21-18(8-14-29-23)15-25-26-21/h2-7,11,15H,8-10,12-14H2,1H3,(H,25,26). The van der Waals surface area contributed by atoms with Crippen LogP contribution in [0.1, 0.15) is 40.2 Å². The van der Waals surface area contributed by atoms with Crippen molar-refractivity contribution in [3.05, 3.63) is 71.3 Å². The fourth-order valence-electron chi connectivity index (χ4n) is 4.64. The molecule has 0 unspecified atom stereocenters. The predicted octanol–water partition coefficient (Wildman–Crippen LogP) is 3.48. The number of aryl methyl sites for hydroxylation is 1. The molecule has 1 saturated heterocycles. The lowest BCUT2D eigenvalue weighted by atomic mass is 9.83. The number of likely N-dealkylation sites (tertiary alicyclic amines) is 1. The Bertz CT molecular complexity index is 1040. The first-order chi connectivity index (χ1) is 14.2. The van der Waals surface area contributed by atoms with Gasteiger partial charge in [0, 0.05) is 19.3 Å². The molecular formula is C23H24N4O2. The average Bonchev–Trinajstić information content (AvgIpc) is 3.25. The minimum absolute atomic E-state index is 0.0462. The number of fused-ring (bicyclic) bond motifs is 2. The number of hydrogen-bond donors (Lipinski definition) is 1. The Morgan fingerprint density at radius 3 is 2.76 bits per heavy atom. The minimum atomic E-state index is -0.340. The molecule has 1 N–H and O–H groups in total. The summed E-state index contributed by atoms with van der Waals surface area (Å²) in [7, 11) is 0. The van der Waals surface area contributed by atoms with Crippen LogP contribution in [0.2, 0.25) is 0 Å². The van der Waals surface area contributed by atoms with Crippen LogP contribution in [0.3, 0.4) is 0 Å². The Balaban J connectivity index is 1.42. The van der Waals surface area contributed by atoms with Crippen molar-refractivity contribution < 1.29 is 9.53 Å². The van der Waals surface area contributed by atoms with E-state index in [0.717, 1.165) is 41.8 Å². The molecule has 3 aromatic rings. The van der Waals surface area contributed by atoms with Crippen LogP contribution < -0.4 is 0 Å². The van der Waals surface area contributed by atoms with Crippen molar-refractivity contribution in [2.45, 2.75) is 31.8 Å². The molecule has 6 heteroatoms. The number of nitrogens with zero attached hydrogens (tertiary/aromatic N) is 3. The van der Waals surface area contributed by atoms with Crippen molar-refractivity contribution in [1.29, 1.82) is 0 Å². The fraction of sp³-hybridized carbons (Fsp3) is 0.348. The summed E-state index contributed by atoms with van der Waals surface area (Å²) in [6, 6.07) is 12.0. The lowest BCUT2D eigenvalue weighted by Crippen LogP contribution is -2.48. The van der Waals surface area contributed by atoms with Gasteiger partial charge in [-0.3, -0.25) is 14.9 Å². The van der Waals surface area contributed by atoms with Gasteiger partial charge in [-0.1, -0.05) is 30.3 Å². The quantitative estimate of drug-likeness (QED) is 0.730. The fourth-order valence-corrected chi connectivity index (χ4v) is 4.64. The number of benzene rings is 1. The Kier molecular flexibility index (Phi) is 4.43. The van der Waals surface area contributed by atoms with E-state index in [4.69, 9.17) is 4.74 Å². The molecule has 1 aromatic carbocycles. The maximum Gasteiger partial charge on any atom is 0.256 e. The van der Waals surface area contributed by atoms with Gasteiger partial charge in [0.15, 0.2) is 0 Å². The van der Waals surface area contributed by atoms with E-state index in [0.29, 0.717) is 25.3 Å². The number of ether oxygens (including phenoxy) is 1. The predicted molar refractivity (Wildman–Crippen MR) is 109 cm³/mol. The average molecular weight is 388 g/mol. The third-order valence-electron chi connectivity index (χ3n) is 6.22. The first-order valence-corrected chi connectivity index (χ1v) is 10.1. The zero-order chi connectivity index (χ0) is 19.8. The molecule has 6 nitrogen and oxygen atoms in total.